The van der Waals surface area contributed by atoms with Gasteiger partial charge in [-0.1, -0.05) is 18.2 Å². The Morgan fingerprint density at radius 1 is 1.27 bits per heavy atom. The van der Waals surface area contributed by atoms with E-state index in [-0.39, 0.29) is 18.6 Å². The lowest BCUT2D eigenvalue weighted by atomic mass is 10.1. The first kappa shape index (κ1) is 17.1. The number of halogens is 1. The molecule has 0 saturated carbocycles. The number of ether oxygens (including phenoxy) is 1. The fourth-order valence-electron chi connectivity index (χ4n) is 2.80. The molecule has 4 rings (SSSR count). The zero-order valence-corrected chi connectivity index (χ0v) is 16.1. The molecule has 0 saturated heterocycles. The second kappa shape index (κ2) is 7.47. The third-order valence-corrected chi connectivity index (χ3v) is 5.60. The number of hydrazone groups is 1. The van der Waals surface area contributed by atoms with Gasteiger partial charge < -0.3 is 9.15 Å². The van der Waals surface area contributed by atoms with Crippen LogP contribution in [-0.4, -0.2) is 23.2 Å². The van der Waals surface area contributed by atoms with Gasteiger partial charge in [0.15, 0.2) is 6.61 Å². The first-order valence-electron chi connectivity index (χ1n) is 8.06. The molecule has 1 aliphatic heterocycles. The van der Waals surface area contributed by atoms with Crippen molar-refractivity contribution in [1.29, 1.82) is 0 Å². The molecule has 0 spiro atoms. The minimum atomic E-state index is -0.252. The van der Waals surface area contributed by atoms with Crippen LogP contribution in [0.3, 0.4) is 0 Å². The van der Waals surface area contributed by atoms with Gasteiger partial charge in [0, 0.05) is 6.42 Å². The number of para-hydroxylation sites is 1. The predicted molar refractivity (Wildman–Crippen MR) is 103 cm³/mol. The van der Waals surface area contributed by atoms with Crippen molar-refractivity contribution >= 4 is 38.9 Å². The van der Waals surface area contributed by atoms with Crippen molar-refractivity contribution in [3.63, 3.8) is 0 Å². The number of carbonyl (C=O) groups excluding carboxylic acids is 1. The Kier molecular flexibility index (Phi) is 4.90. The van der Waals surface area contributed by atoms with E-state index in [1.165, 1.54) is 5.01 Å². The third-order valence-electron chi connectivity index (χ3n) is 4.03. The minimum Gasteiger partial charge on any atom is -0.483 e. The van der Waals surface area contributed by atoms with Gasteiger partial charge in [-0.05, 0) is 51.6 Å². The number of rotatable bonds is 5. The molecule has 132 valence electrons. The van der Waals surface area contributed by atoms with Crippen LogP contribution in [0.15, 0.2) is 74.2 Å². The molecule has 0 N–H and O–H groups in total. The van der Waals surface area contributed by atoms with E-state index in [2.05, 4.69) is 21.0 Å². The van der Waals surface area contributed by atoms with Crippen molar-refractivity contribution in [3.8, 4) is 5.75 Å². The van der Waals surface area contributed by atoms with Crippen LogP contribution < -0.4 is 4.74 Å². The highest BCUT2D eigenvalue weighted by Crippen LogP contribution is 2.34. The van der Waals surface area contributed by atoms with E-state index in [4.69, 9.17) is 9.15 Å². The summed E-state index contributed by atoms with van der Waals surface area (Å²) in [5.74, 6) is 1.13. The third kappa shape index (κ3) is 3.45. The summed E-state index contributed by atoms with van der Waals surface area (Å²) in [4.78, 5) is 13.8. The lowest BCUT2D eigenvalue weighted by molar-refractivity contribution is -0.135. The number of furan rings is 1. The number of hydrogen-bond donors (Lipinski definition) is 0. The largest absolute Gasteiger partial charge is 0.483 e. The van der Waals surface area contributed by atoms with E-state index in [9.17, 15) is 4.79 Å². The van der Waals surface area contributed by atoms with Gasteiger partial charge in [0.25, 0.3) is 5.91 Å². The van der Waals surface area contributed by atoms with Gasteiger partial charge in [-0.25, -0.2) is 5.01 Å². The highest BCUT2D eigenvalue weighted by atomic mass is 79.9. The SMILES string of the molecule is O=C(COc1ccccc1Br)N1N=C(c2cccs2)CC1c1ccco1. The van der Waals surface area contributed by atoms with Gasteiger partial charge in [0.05, 0.1) is 21.3 Å². The molecule has 1 unspecified atom stereocenters. The van der Waals surface area contributed by atoms with Gasteiger partial charge in [-0.2, -0.15) is 5.10 Å². The molecule has 1 aromatic carbocycles. The standard InChI is InChI=1S/C19H15BrN2O3S/c20-13-5-1-2-6-16(13)25-12-19(23)22-15(17-7-3-9-24-17)11-14(21-22)18-8-4-10-26-18/h1-10,15H,11-12H2. The van der Waals surface area contributed by atoms with E-state index < -0.39 is 0 Å². The number of carbonyl (C=O) groups is 1. The van der Waals surface area contributed by atoms with E-state index in [1.807, 2.05) is 53.9 Å². The maximum absolute atomic E-state index is 12.8. The monoisotopic (exact) mass is 430 g/mol. The quantitative estimate of drug-likeness (QED) is 0.580. The van der Waals surface area contributed by atoms with E-state index >= 15 is 0 Å². The first-order chi connectivity index (χ1) is 12.7. The molecule has 1 amide bonds. The molecule has 1 aliphatic rings. The van der Waals surface area contributed by atoms with Crippen LogP contribution in [0.25, 0.3) is 0 Å². The summed E-state index contributed by atoms with van der Waals surface area (Å²) in [5, 5.41) is 8.04. The molecule has 2 aromatic heterocycles. The first-order valence-corrected chi connectivity index (χ1v) is 9.74. The van der Waals surface area contributed by atoms with E-state index in [1.54, 1.807) is 17.6 Å². The Morgan fingerprint density at radius 3 is 2.88 bits per heavy atom. The number of thiophene rings is 1. The summed E-state index contributed by atoms with van der Waals surface area (Å²) in [7, 11) is 0. The number of amides is 1. The highest BCUT2D eigenvalue weighted by molar-refractivity contribution is 9.10. The van der Waals surface area contributed by atoms with Crippen molar-refractivity contribution < 1.29 is 13.9 Å². The van der Waals surface area contributed by atoms with E-state index in [0.717, 1.165) is 20.8 Å². The second-order valence-corrected chi connectivity index (χ2v) is 7.52. The van der Waals surface area contributed by atoms with Crippen molar-refractivity contribution in [1.82, 2.24) is 5.01 Å². The predicted octanol–water partition coefficient (Wildman–Crippen LogP) is 4.86. The lowest BCUT2D eigenvalue weighted by Gasteiger charge is -2.20. The minimum absolute atomic E-state index is 0.0962. The van der Waals surface area contributed by atoms with Gasteiger partial charge in [-0.15, -0.1) is 11.3 Å². The number of nitrogens with zero attached hydrogens (tertiary/aromatic N) is 2. The zero-order chi connectivity index (χ0) is 17.9. The Balaban J connectivity index is 1.54. The average molecular weight is 431 g/mol. The van der Waals surface area contributed by atoms with Crippen molar-refractivity contribution in [2.75, 3.05) is 6.61 Å². The van der Waals surface area contributed by atoms with Crippen molar-refractivity contribution in [2.45, 2.75) is 12.5 Å². The number of benzene rings is 1. The van der Waals surface area contributed by atoms with Crippen LogP contribution in [0.2, 0.25) is 0 Å². The summed E-state index contributed by atoms with van der Waals surface area (Å²) in [6.45, 7) is -0.0962. The fraction of sp³-hybridized carbons (Fsp3) is 0.158. The van der Waals surface area contributed by atoms with Crippen LogP contribution >= 0.6 is 27.3 Å². The molecule has 1 atom stereocenters. The van der Waals surface area contributed by atoms with E-state index in [0.29, 0.717) is 12.2 Å². The Morgan fingerprint density at radius 2 is 2.15 bits per heavy atom. The Bertz CT molecular complexity index is 922. The molecule has 0 aliphatic carbocycles. The molecule has 26 heavy (non-hydrogen) atoms. The molecule has 7 heteroatoms. The maximum Gasteiger partial charge on any atom is 0.281 e. The molecule has 0 radical (unpaired) electrons. The zero-order valence-electron chi connectivity index (χ0n) is 13.7. The highest BCUT2D eigenvalue weighted by Gasteiger charge is 2.35. The van der Waals surface area contributed by atoms with Crippen LogP contribution in [0.5, 0.6) is 5.75 Å². The molecular weight excluding hydrogens is 416 g/mol. The van der Waals surface area contributed by atoms with Gasteiger partial charge >= 0.3 is 0 Å². The molecule has 0 bridgehead atoms. The second-order valence-electron chi connectivity index (χ2n) is 5.72. The Hall–Kier alpha value is -2.38. The van der Waals surface area contributed by atoms with Gasteiger partial charge in [-0.3, -0.25) is 4.79 Å². The fourth-order valence-corrected chi connectivity index (χ4v) is 3.92. The maximum atomic E-state index is 12.8. The topological polar surface area (TPSA) is 55.0 Å². The number of hydrogen-bond acceptors (Lipinski definition) is 5. The lowest BCUT2D eigenvalue weighted by Crippen LogP contribution is -2.31. The van der Waals surface area contributed by atoms with Crippen molar-refractivity contribution in [3.05, 3.63) is 75.3 Å². The summed E-state index contributed by atoms with van der Waals surface area (Å²) in [5.41, 5.74) is 0.885. The van der Waals surface area contributed by atoms with Crippen LogP contribution in [0, 0.1) is 0 Å². The summed E-state index contributed by atoms with van der Waals surface area (Å²) >= 11 is 5.03. The molecule has 3 heterocycles. The Labute approximate surface area is 163 Å². The van der Waals surface area contributed by atoms with Gasteiger partial charge in [0.2, 0.25) is 0 Å². The molecule has 3 aromatic rings. The average Bonchev–Trinajstić information content (AvgIpc) is 3.41. The molecule has 0 fully saturated rings. The van der Waals surface area contributed by atoms with Crippen LogP contribution in [0.1, 0.15) is 23.1 Å². The smallest absolute Gasteiger partial charge is 0.281 e. The molecular formula is C19H15BrN2O3S. The van der Waals surface area contributed by atoms with Crippen LogP contribution in [-0.2, 0) is 4.79 Å². The summed E-state index contributed by atoms with van der Waals surface area (Å²) in [6, 6.07) is 14.9. The van der Waals surface area contributed by atoms with Crippen LogP contribution in [0.4, 0.5) is 0 Å². The van der Waals surface area contributed by atoms with Gasteiger partial charge in [0.1, 0.15) is 17.6 Å². The van der Waals surface area contributed by atoms with Crippen molar-refractivity contribution in [2.24, 2.45) is 5.10 Å². The molecule has 5 nitrogen and oxygen atoms in total. The summed E-state index contributed by atoms with van der Waals surface area (Å²) < 4.78 is 12.0. The summed E-state index contributed by atoms with van der Waals surface area (Å²) in [6.07, 6.45) is 2.23. The normalized spacial score (nSPS) is 16.6.